The Bertz CT molecular complexity index is 1130. The van der Waals surface area contributed by atoms with E-state index in [0.717, 1.165) is 79.9 Å². The number of nitrogens with zero attached hydrogens (tertiary/aromatic N) is 4. The summed E-state index contributed by atoms with van der Waals surface area (Å²) in [4.78, 5) is 7.04. The van der Waals surface area contributed by atoms with Crippen molar-refractivity contribution in [1.82, 2.24) is 20.1 Å². The van der Waals surface area contributed by atoms with Crippen molar-refractivity contribution in [2.24, 2.45) is 5.92 Å². The zero-order chi connectivity index (χ0) is 24.9. The van der Waals surface area contributed by atoms with Crippen molar-refractivity contribution in [2.75, 3.05) is 31.6 Å². The minimum atomic E-state index is -0.0648. The number of rotatable bonds is 8. The highest BCUT2D eigenvalue weighted by Gasteiger charge is 2.50. The number of aryl methyl sites for hydroxylation is 2. The predicted octanol–water partition coefficient (Wildman–Crippen LogP) is 2.75. The van der Waals surface area contributed by atoms with Crippen LogP contribution in [0.2, 0.25) is 0 Å². The van der Waals surface area contributed by atoms with Gasteiger partial charge in [-0.3, -0.25) is 10.00 Å². The summed E-state index contributed by atoms with van der Waals surface area (Å²) in [6.07, 6.45) is 11.3. The number of hydrogen-bond donors (Lipinski definition) is 3. The van der Waals surface area contributed by atoms with Crippen LogP contribution in [0.1, 0.15) is 73.2 Å². The molecule has 2 aromatic heterocycles. The zero-order valence-electron chi connectivity index (χ0n) is 22.2. The highest BCUT2D eigenvalue weighted by molar-refractivity contribution is 5.90. The number of aromatic nitrogens is 3. The van der Waals surface area contributed by atoms with Gasteiger partial charge in [0.25, 0.3) is 0 Å². The standard InChI is InChI=1S/C28H41N7O/c1-19-13-25(22(14-29)26(30-3)32-19)34-12-7-24-23(16-34)20(2)33-35(24)17-28-10-8-27(9-11-28,18-36-28)31-15-21-5-4-6-21/h13-14,21,29,31H,4-12,15-18H2,1-3H3,(H,30,32)/p+1. The van der Waals surface area contributed by atoms with Gasteiger partial charge in [0, 0.05) is 48.2 Å². The minimum absolute atomic E-state index is 0.0648. The van der Waals surface area contributed by atoms with Crippen molar-refractivity contribution in [1.29, 1.82) is 5.41 Å². The first-order valence-corrected chi connectivity index (χ1v) is 13.9. The second-order valence-electron chi connectivity index (χ2n) is 11.8. The van der Waals surface area contributed by atoms with E-state index in [2.05, 4.69) is 32.9 Å². The van der Waals surface area contributed by atoms with E-state index in [-0.39, 0.29) is 11.1 Å². The van der Waals surface area contributed by atoms with Crippen LogP contribution < -0.4 is 15.5 Å². The largest absolute Gasteiger partial charge is 0.371 e. The van der Waals surface area contributed by atoms with Crippen LogP contribution in [0.15, 0.2) is 6.07 Å². The second kappa shape index (κ2) is 9.23. The maximum absolute atomic E-state index is 8.03. The van der Waals surface area contributed by atoms with Gasteiger partial charge in [0.1, 0.15) is 0 Å². The van der Waals surface area contributed by atoms with E-state index in [1.165, 1.54) is 56.1 Å². The molecule has 8 heteroatoms. The molecule has 2 bridgehead atoms. The second-order valence-corrected chi connectivity index (χ2v) is 11.8. The molecule has 5 heterocycles. The fraction of sp³-hybridized carbons (Fsp3) is 0.679. The fourth-order valence-electron chi connectivity index (χ4n) is 6.84. The summed E-state index contributed by atoms with van der Waals surface area (Å²) in [6.45, 7) is 8.83. The van der Waals surface area contributed by atoms with Gasteiger partial charge in [-0.1, -0.05) is 6.42 Å². The van der Waals surface area contributed by atoms with E-state index < -0.39 is 0 Å². The van der Waals surface area contributed by atoms with Gasteiger partial charge in [-0.05, 0) is 70.9 Å². The molecule has 0 unspecified atom stereocenters. The number of nitrogens with one attached hydrogen (secondary N) is 2. The molecule has 3 aliphatic heterocycles. The van der Waals surface area contributed by atoms with Gasteiger partial charge in [0.2, 0.25) is 5.82 Å². The lowest BCUT2D eigenvalue weighted by Crippen LogP contribution is -2.74. The van der Waals surface area contributed by atoms with E-state index in [9.17, 15) is 0 Å². The summed E-state index contributed by atoms with van der Waals surface area (Å²) in [7, 11) is 1.99. The van der Waals surface area contributed by atoms with Crippen molar-refractivity contribution in [3.05, 3.63) is 34.3 Å². The smallest absolute Gasteiger partial charge is 0.235 e. The number of pyridine rings is 1. The molecule has 4 N–H and O–H groups in total. The number of hydrogen-bond acceptors (Lipinski definition) is 6. The third kappa shape index (κ3) is 4.17. The number of anilines is 1. The maximum Gasteiger partial charge on any atom is 0.235 e. The molecule has 4 fully saturated rings. The van der Waals surface area contributed by atoms with Gasteiger partial charge in [-0.15, -0.1) is 0 Å². The van der Waals surface area contributed by atoms with Gasteiger partial charge >= 0.3 is 0 Å². The lowest BCUT2D eigenvalue weighted by molar-refractivity contribution is -0.543. The van der Waals surface area contributed by atoms with Crippen molar-refractivity contribution in [2.45, 2.75) is 89.4 Å². The monoisotopic (exact) mass is 492 g/mol. The van der Waals surface area contributed by atoms with Gasteiger partial charge in [-0.25, -0.2) is 4.98 Å². The van der Waals surface area contributed by atoms with E-state index in [4.69, 9.17) is 15.2 Å². The van der Waals surface area contributed by atoms with E-state index in [1.54, 1.807) is 0 Å². The molecule has 7 rings (SSSR count). The Kier molecular flexibility index (Phi) is 6.17. The van der Waals surface area contributed by atoms with Crippen molar-refractivity contribution >= 4 is 17.7 Å². The van der Waals surface area contributed by atoms with E-state index in [0.29, 0.717) is 0 Å². The van der Waals surface area contributed by atoms with Crippen LogP contribution in [-0.4, -0.2) is 58.9 Å². The first kappa shape index (κ1) is 24.1. The van der Waals surface area contributed by atoms with Crippen molar-refractivity contribution < 1.29 is 10.1 Å². The number of nitrogens with two attached hydrogens (primary N) is 1. The van der Waals surface area contributed by atoms with Crippen LogP contribution in [0.25, 0.3) is 0 Å². The molecule has 194 valence electrons. The molecule has 2 saturated heterocycles. The lowest BCUT2D eigenvalue weighted by Gasteiger charge is -2.54. The normalized spacial score (nSPS) is 27.7. The molecule has 2 saturated carbocycles. The molecule has 2 aliphatic carbocycles. The molecule has 0 spiro atoms. The molecule has 0 amide bonds. The van der Waals surface area contributed by atoms with Crippen LogP contribution in [0, 0.1) is 25.2 Å². The Morgan fingerprint density at radius 2 is 2.06 bits per heavy atom. The highest BCUT2D eigenvalue weighted by atomic mass is 16.5. The Labute approximate surface area is 214 Å². The Morgan fingerprint density at radius 3 is 2.69 bits per heavy atom. The average molecular weight is 493 g/mol. The Hall–Kier alpha value is -2.29. The van der Waals surface area contributed by atoms with Gasteiger partial charge in [-0.2, -0.15) is 5.10 Å². The van der Waals surface area contributed by atoms with Gasteiger partial charge in [0.05, 0.1) is 42.7 Å². The molecular weight excluding hydrogens is 450 g/mol. The average Bonchev–Trinajstić information content (AvgIpc) is 3.17. The summed E-state index contributed by atoms with van der Waals surface area (Å²) in [6, 6.07) is 2.13. The molecule has 0 radical (unpaired) electrons. The third-order valence-electron chi connectivity index (χ3n) is 9.49. The topological polar surface area (TPSA) is 95.7 Å². The fourth-order valence-corrected chi connectivity index (χ4v) is 6.84. The zero-order valence-corrected chi connectivity index (χ0v) is 22.2. The SMILES string of the molecule is C[NH2+]c1nc(C)cc(N2CCc3c(c(C)nn3CC34CCC(NCC5CCC5)(CC3)CO4)C2)c1C=N. The molecule has 0 atom stereocenters. The molecule has 36 heavy (non-hydrogen) atoms. The van der Waals surface area contributed by atoms with Crippen LogP contribution in [0.5, 0.6) is 0 Å². The van der Waals surface area contributed by atoms with Crippen LogP contribution in [-0.2, 0) is 24.2 Å². The lowest BCUT2D eigenvalue weighted by atomic mass is 9.70. The highest BCUT2D eigenvalue weighted by Crippen LogP contribution is 2.45. The molecule has 0 aromatic carbocycles. The predicted molar refractivity (Wildman–Crippen MR) is 141 cm³/mol. The molecule has 2 aromatic rings. The van der Waals surface area contributed by atoms with E-state index in [1.807, 2.05) is 19.3 Å². The molecule has 5 aliphatic rings. The van der Waals surface area contributed by atoms with Crippen LogP contribution >= 0.6 is 0 Å². The maximum atomic E-state index is 8.03. The number of fused-ring (bicyclic) bond motifs is 4. The third-order valence-corrected chi connectivity index (χ3v) is 9.49. The minimum Gasteiger partial charge on any atom is -0.371 e. The quantitative estimate of drug-likeness (QED) is 0.493. The van der Waals surface area contributed by atoms with Crippen molar-refractivity contribution in [3.8, 4) is 0 Å². The summed E-state index contributed by atoms with van der Waals surface area (Å²) >= 11 is 0. The van der Waals surface area contributed by atoms with Gasteiger partial charge < -0.3 is 20.4 Å². The summed E-state index contributed by atoms with van der Waals surface area (Å²) in [5.41, 5.74) is 6.99. The first-order valence-electron chi connectivity index (χ1n) is 13.9. The summed E-state index contributed by atoms with van der Waals surface area (Å²) in [5.74, 6) is 1.78. The van der Waals surface area contributed by atoms with Crippen LogP contribution in [0.3, 0.4) is 0 Å². The van der Waals surface area contributed by atoms with E-state index >= 15 is 0 Å². The summed E-state index contributed by atoms with van der Waals surface area (Å²) in [5, 5.41) is 19.0. The number of ether oxygens (including phenoxy) is 1. The molecular formula is C28H42N7O+. The van der Waals surface area contributed by atoms with Crippen LogP contribution in [0.4, 0.5) is 11.5 Å². The van der Waals surface area contributed by atoms with Gasteiger partial charge in [0.15, 0.2) is 0 Å². The Morgan fingerprint density at radius 1 is 1.25 bits per heavy atom. The van der Waals surface area contributed by atoms with Crippen molar-refractivity contribution in [3.63, 3.8) is 0 Å². The summed E-state index contributed by atoms with van der Waals surface area (Å²) < 4.78 is 8.93. The Balaban J connectivity index is 1.17. The number of quaternary nitrogens is 1. The first-order chi connectivity index (χ1) is 17.4. The molecule has 8 nitrogen and oxygen atoms in total.